The first-order valence-corrected chi connectivity index (χ1v) is 13.7. The van der Waals surface area contributed by atoms with Crippen LogP contribution in [0.25, 0.3) is 0 Å². The van der Waals surface area contributed by atoms with E-state index in [1.807, 2.05) is 58.9 Å². The summed E-state index contributed by atoms with van der Waals surface area (Å²) < 4.78 is 5.84. The van der Waals surface area contributed by atoms with Crippen LogP contribution in [0.15, 0.2) is 83.7 Å². The van der Waals surface area contributed by atoms with Crippen molar-refractivity contribution in [1.29, 1.82) is 0 Å². The number of hydrogen-bond acceptors (Lipinski definition) is 6. The molecule has 1 amide bonds. The van der Waals surface area contributed by atoms with Crippen molar-refractivity contribution < 1.29 is 29.6 Å². The van der Waals surface area contributed by atoms with E-state index in [9.17, 15) is 24.9 Å². The Balaban J connectivity index is 3.01. The van der Waals surface area contributed by atoms with Gasteiger partial charge in [0.15, 0.2) is 0 Å². The van der Waals surface area contributed by atoms with Crippen LogP contribution < -0.4 is 5.32 Å². The summed E-state index contributed by atoms with van der Waals surface area (Å²) in [6.45, 7) is 9.61. The highest BCUT2D eigenvalue weighted by molar-refractivity contribution is 5.88. The van der Waals surface area contributed by atoms with Gasteiger partial charge in [0, 0.05) is 30.7 Å². The normalized spacial score (nSPS) is 28.5. The molecule has 0 bridgehead atoms. The van der Waals surface area contributed by atoms with Crippen molar-refractivity contribution >= 4 is 11.9 Å². The minimum absolute atomic E-state index is 0.0933. The van der Waals surface area contributed by atoms with Gasteiger partial charge >= 0.3 is 5.97 Å². The van der Waals surface area contributed by atoms with Crippen LogP contribution in [0.1, 0.15) is 73.1 Å². The maximum Gasteiger partial charge on any atom is 0.330 e. The number of allylic oxidation sites excluding steroid dienone is 7. The predicted molar refractivity (Wildman–Crippen MR) is 156 cm³/mol. The van der Waals surface area contributed by atoms with Gasteiger partial charge in [-0.2, -0.15) is 0 Å². The molecule has 1 aliphatic heterocycles. The number of carbonyl (C=O) groups is 2. The maximum atomic E-state index is 12.6. The zero-order chi connectivity index (χ0) is 29.2. The van der Waals surface area contributed by atoms with E-state index < -0.39 is 30.4 Å². The number of aliphatic hydroxyl groups excluding tert-OH is 3. The Morgan fingerprint density at radius 3 is 2.56 bits per heavy atom. The van der Waals surface area contributed by atoms with E-state index in [4.69, 9.17) is 4.74 Å². The average Bonchev–Trinajstić information content (AvgIpc) is 2.85. The lowest BCUT2D eigenvalue weighted by Gasteiger charge is -2.22. The van der Waals surface area contributed by atoms with E-state index in [-0.39, 0.29) is 11.8 Å². The van der Waals surface area contributed by atoms with Gasteiger partial charge in [0.05, 0.1) is 18.3 Å². The summed E-state index contributed by atoms with van der Waals surface area (Å²) >= 11 is 0. The van der Waals surface area contributed by atoms with Crippen LogP contribution in [0.5, 0.6) is 0 Å². The summed E-state index contributed by atoms with van der Waals surface area (Å²) in [5.74, 6) is -0.699. The molecule has 0 saturated carbocycles. The SMILES string of the molecule is CC(C)=CC(=O)N/C=C/C(C)=C/[C@@H](C)[C@H]1C/C(C)=C\C=C\CC[C@@H](O)[C@H](O)C=C[C@H](O)CCC/C=C/C(=O)O1. The van der Waals surface area contributed by atoms with E-state index >= 15 is 0 Å². The topological polar surface area (TPSA) is 116 Å². The summed E-state index contributed by atoms with van der Waals surface area (Å²) in [5, 5.41) is 33.1. The van der Waals surface area contributed by atoms with Gasteiger partial charge in [-0.05, 0) is 65.9 Å². The second kappa shape index (κ2) is 19.1. The maximum absolute atomic E-state index is 12.6. The van der Waals surface area contributed by atoms with Crippen molar-refractivity contribution in [2.75, 3.05) is 0 Å². The highest BCUT2D eigenvalue weighted by Gasteiger charge is 2.20. The van der Waals surface area contributed by atoms with E-state index in [0.29, 0.717) is 38.5 Å². The van der Waals surface area contributed by atoms with E-state index in [1.54, 1.807) is 18.4 Å². The Morgan fingerprint density at radius 2 is 1.85 bits per heavy atom. The van der Waals surface area contributed by atoms with Gasteiger partial charge in [0.2, 0.25) is 5.91 Å². The number of rotatable bonds is 5. The van der Waals surface area contributed by atoms with Gasteiger partial charge < -0.3 is 25.4 Å². The average molecular weight is 542 g/mol. The van der Waals surface area contributed by atoms with Crippen LogP contribution in [0, 0.1) is 5.92 Å². The quantitative estimate of drug-likeness (QED) is 0.166. The molecular weight excluding hydrogens is 494 g/mol. The lowest BCUT2D eigenvalue weighted by molar-refractivity contribution is -0.144. The number of esters is 1. The van der Waals surface area contributed by atoms with Gasteiger partial charge in [-0.3, -0.25) is 4.79 Å². The van der Waals surface area contributed by atoms with Crippen LogP contribution in [-0.2, 0) is 14.3 Å². The van der Waals surface area contributed by atoms with Gasteiger partial charge in [0.25, 0.3) is 0 Å². The molecule has 39 heavy (non-hydrogen) atoms. The molecule has 0 aromatic carbocycles. The second-order valence-electron chi connectivity index (χ2n) is 10.4. The first kappa shape index (κ1) is 34.0. The first-order valence-electron chi connectivity index (χ1n) is 13.7. The number of hydrogen-bond donors (Lipinski definition) is 4. The van der Waals surface area contributed by atoms with Gasteiger partial charge in [-0.15, -0.1) is 0 Å². The highest BCUT2D eigenvalue weighted by Crippen LogP contribution is 2.20. The minimum atomic E-state index is -1.03. The van der Waals surface area contributed by atoms with E-state index in [0.717, 1.165) is 16.7 Å². The summed E-state index contributed by atoms with van der Waals surface area (Å²) in [4.78, 5) is 24.4. The minimum Gasteiger partial charge on any atom is -0.458 e. The molecule has 4 N–H and O–H groups in total. The number of aliphatic hydroxyl groups is 3. The molecular formula is C32H47NO6. The molecule has 0 saturated heterocycles. The fourth-order valence-electron chi connectivity index (χ4n) is 3.90. The molecule has 0 fully saturated rings. The van der Waals surface area contributed by atoms with Crippen LogP contribution in [0.3, 0.4) is 0 Å². The Bertz CT molecular complexity index is 981. The molecule has 5 atom stereocenters. The molecule has 0 radical (unpaired) electrons. The van der Waals surface area contributed by atoms with Crippen molar-refractivity contribution in [1.82, 2.24) is 5.32 Å². The lowest BCUT2D eigenvalue weighted by atomic mass is 9.95. The molecule has 1 rings (SSSR count). The number of ether oxygens (including phenoxy) is 1. The molecule has 0 aliphatic carbocycles. The number of nitrogens with one attached hydrogen (secondary N) is 1. The van der Waals surface area contributed by atoms with Gasteiger partial charge in [-0.25, -0.2) is 4.79 Å². The van der Waals surface area contributed by atoms with Gasteiger partial charge in [-0.1, -0.05) is 66.2 Å². The highest BCUT2D eigenvalue weighted by atomic mass is 16.5. The number of carbonyl (C=O) groups excluding carboxylic acids is 2. The standard InChI is InChI=1S/C32H47NO6/c1-23(2)20-31(37)33-19-18-25(4)21-26(5)30-22-24(3)12-8-6-10-14-28(35)29(36)17-16-27(34)13-9-7-11-15-32(38)39-30/h6,8,11-12,15-21,26-30,34-36H,7,9-10,13-14,22H2,1-5H3,(H,33,37)/b8-6+,15-11+,17-16?,19-18+,24-12-,25-21+/t26-,27-,28-,29-,30-/m1/s1. The monoisotopic (exact) mass is 541 g/mol. The summed E-state index contributed by atoms with van der Waals surface area (Å²) in [7, 11) is 0. The van der Waals surface area contributed by atoms with Crippen LogP contribution in [0.4, 0.5) is 0 Å². The third-order valence-corrected chi connectivity index (χ3v) is 6.09. The third-order valence-electron chi connectivity index (χ3n) is 6.09. The van der Waals surface area contributed by atoms with Crippen molar-refractivity contribution in [2.24, 2.45) is 5.92 Å². The molecule has 0 aromatic rings. The zero-order valence-electron chi connectivity index (χ0n) is 24.0. The zero-order valence-corrected chi connectivity index (χ0v) is 24.0. The summed E-state index contributed by atoms with van der Waals surface area (Å²) in [6, 6.07) is 0. The third kappa shape index (κ3) is 16.5. The van der Waals surface area contributed by atoms with Crippen molar-refractivity contribution in [2.45, 2.75) is 97.6 Å². The Morgan fingerprint density at radius 1 is 1.10 bits per heavy atom. The van der Waals surface area contributed by atoms with Crippen molar-refractivity contribution in [3.63, 3.8) is 0 Å². The largest absolute Gasteiger partial charge is 0.458 e. The van der Waals surface area contributed by atoms with Crippen molar-refractivity contribution in [3.05, 3.63) is 83.7 Å². The van der Waals surface area contributed by atoms with Crippen LogP contribution in [-0.4, -0.2) is 51.6 Å². The molecule has 0 spiro atoms. The lowest BCUT2D eigenvalue weighted by Crippen LogP contribution is -2.24. The van der Waals surface area contributed by atoms with E-state index in [2.05, 4.69) is 5.32 Å². The molecule has 7 nitrogen and oxygen atoms in total. The molecule has 1 heterocycles. The fraction of sp³-hybridized carbons (Fsp3) is 0.500. The smallest absolute Gasteiger partial charge is 0.330 e. The van der Waals surface area contributed by atoms with E-state index in [1.165, 1.54) is 24.3 Å². The first-order chi connectivity index (χ1) is 18.5. The summed E-state index contributed by atoms with van der Waals surface area (Å²) in [6.07, 6.45) is 18.9. The second-order valence-corrected chi connectivity index (χ2v) is 10.4. The molecule has 0 aromatic heterocycles. The predicted octanol–water partition coefficient (Wildman–Crippen LogP) is 5.13. The van der Waals surface area contributed by atoms with Crippen molar-refractivity contribution in [3.8, 4) is 0 Å². The summed E-state index contributed by atoms with van der Waals surface area (Å²) in [5.41, 5.74) is 2.87. The fourth-order valence-corrected chi connectivity index (χ4v) is 3.90. The number of amides is 1. The number of cyclic esters (lactones) is 1. The molecule has 0 unspecified atom stereocenters. The molecule has 1 aliphatic rings. The van der Waals surface area contributed by atoms with Gasteiger partial charge in [0.1, 0.15) is 6.10 Å². The Hall–Kier alpha value is -3.00. The van der Waals surface area contributed by atoms with Crippen LogP contribution >= 0.6 is 0 Å². The van der Waals surface area contributed by atoms with Crippen LogP contribution in [0.2, 0.25) is 0 Å². The Labute approximate surface area is 234 Å². The Kier molecular flexibility index (Phi) is 16.7. The molecule has 7 heteroatoms. The molecule has 216 valence electrons.